The average molecular weight is 683 g/mol. The van der Waals surface area contributed by atoms with E-state index in [1.807, 2.05) is 6.08 Å². The van der Waals surface area contributed by atoms with Crippen molar-refractivity contribution in [3.05, 3.63) is 12.2 Å². The number of hydrogen-bond acceptors (Lipinski definition) is 7. The van der Waals surface area contributed by atoms with E-state index in [-0.39, 0.29) is 31.6 Å². The van der Waals surface area contributed by atoms with Crippen molar-refractivity contribution in [2.75, 3.05) is 13.2 Å². The zero-order chi connectivity index (χ0) is 35.5. The topological polar surface area (TPSA) is 113 Å². The predicted octanol–water partition coefficient (Wildman–Crippen LogP) is 10.3. The lowest BCUT2D eigenvalue weighted by Crippen LogP contribution is -2.25. The Bertz CT molecular complexity index is 738. The number of aliphatic hydroxyl groups excluding tert-OH is 3. The number of aliphatic hydroxyl groups is 3. The summed E-state index contributed by atoms with van der Waals surface area (Å²) in [5.41, 5.74) is 0. The molecule has 0 aliphatic rings. The van der Waals surface area contributed by atoms with Crippen molar-refractivity contribution >= 4 is 11.9 Å². The van der Waals surface area contributed by atoms with E-state index in [0.717, 1.165) is 57.3 Å². The average Bonchev–Trinajstić information content (AvgIpc) is 3.06. The Morgan fingerprint density at radius 3 is 1.38 bits per heavy atom. The number of carbonyl (C=O) groups is 2. The van der Waals surface area contributed by atoms with Crippen LogP contribution < -0.4 is 0 Å². The number of allylic oxidation sites excluding steroid dienone is 1. The first-order valence-corrected chi connectivity index (χ1v) is 20.3. The highest BCUT2D eigenvalue weighted by molar-refractivity contribution is 5.69. The Hall–Kier alpha value is -1.44. The third kappa shape index (κ3) is 34.4. The van der Waals surface area contributed by atoms with Crippen molar-refractivity contribution in [1.82, 2.24) is 0 Å². The van der Waals surface area contributed by atoms with Crippen LogP contribution in [0.15, 0.2) is 12.2 Å². The van der Waals surface area contributed by atoms with Crippen LogP contribution in [0.1, 0.15) is 201 Å². The molecule has 0 unspecified atom stereocenters. The first-order chi connectivity index (χ1) is 23.3. The van der Waals surface area contributed by atoms with Crippen LogP contribution in [-0.4, -0.2) is 58.8 Å². The molecule has 7 nitrogen and oxygen atoms in total. The van der Waals surface area contributed by atoms with Gasteiger partial charge in [-0.2, -0.15) is 0 Å². The van der Waals surface area contributed by atoms with Crippen molar-refractivity contribution in [3.63, 3.8) is 0 Å². The molecule has 0 aliphatic heterocycles. The molecule has 0 aromatic carbocycles. The number of hydrogen-bond donors (Lipinski definition) is 3. The normalized spacial score (nSPS) is 13.6. The second-order valence-corrected chi connectivity index (χ2v) is 14.5. The third-order valence-corrected chi connectivity index (χ3v) is 9.13. The van der Waals surface area contributed by atoms with Gasteiger partial charge in [0.1, 0.15) is 19.3 Å². The lowest BCUT2D eigenvalue weighted by molar-refractivity contribution is -0.152. The number of carbonyl (C=O) groups excluding carboxylic acids is 2. The molecule has 48 heavy (non-hydrogen) atoms. The van der Waals surface area contributed by atoms with Gasteiger partial charge < -0.3 is 24.8 Å². The Kier molecular flexibility index (Phi) is 34.3. The van der Waals surface area contributed by atoms with Gasteiger partial charge >= 0.3 is 11.9 Å². The molecule has 7 heteroatoms. The highest BCUT2D eigenvalue weighted by Gasteiger charge is 2.14. The van der Waals surface area contributed by atoms with Gasteiger partial charge in [-0.05, 0) is 44.4 Å². The van der Waals surface area contributed by atoms with Crippen LogP contribution >= 0.6 is 0 Å². The van der Waals surface area contributed by atoms with Crippen molar-refractivity contribution in [2.45, 2.75) is 219 Å². The molecule has 0 heterocycles. The van der Waals surface area contributed by atoms with Crippen molar-refractivity contribution in [1.29, 1.82) is 0 Å². The number of ether oxygens (including phenoxy) is 2. The second kappa shape index (κ2) is 35.4. The van der Waals surface area contributed by atoms with E-state index in [2.05, 4.69) is 26.8 Å². The van der Waals surface area contributed by atoms with Crippen LogP contribution in [0.4, 0.5) is 0 Å². The fourth-order valence-electron chi connectivity index (χ4n) is 5.88. The van der Waals surface area contributed by atoms with Crippen LogP contribution in [0.25, 0.3) is 0 Å². The van der Waals surface area contributed by atoms with E-state index in [0.29, 0.717) is 25.7 Å². The highest BCUT2D eigenvalue weighted by Crippen LogP contribution is 2.16. The summed E-state index contributed by atoms with van der Waals surface area (Å²) in [4.78, 5) is 24.0. The van der Waals surface area contributed by atoms with Crippen LogP contribution in [0.2, 0.25) is 0 Å². The molecule has 0 bridgehead atoms. The van der Waals surface area contributed by atoms with Crippen molar-refractivity contribution in [2.24, 2.45) is 5.92 Å². The van der Waals surface area contributed by atoms with Gasteiger partial charge in [-0.15, -0.1) is 0 Å². The van der Waals surface area contributed by atoms with E-state index < -0.39 is 18.3 Å². The van der Waals surface area contributed by atoms with Gasteiger partial charge in [0.15, 0.2) is 0 Å². The summed E-state index contributed by atoms with van der Waals surface area (Å²) < 4.78 is 10.3. The lowest BCUT2D eigenvalue weighted by atomic mass is 10.0. The first-order valence-electron chi connectivity index (χ1n) is 20.3. The minimum atomic E-state index is -1.01. The molecule has 0 amide bonds. The molecule has 0 spiro atoms. The molecule has 0 aromatic heterocycles. The van der Waals surface area contributed by atoms with Crippen molar-refractivity contribution < 1.29 is 34.4 Å². The lowest BCUT2D eigenvalue weighted by Gasteiger charge is -2.16. The molecule has 0 aliphatic carbocycles. The molecular weight excluding hydrogens is 604 g/mol. The Balaban J connectivity index is 3.52. The maximum absolute atomic E-state index is 12.0. The van der Waals surface area contributed by atoms with Gasteiger partial charge in [-0.1, -0.05) is 161 Å². The minimum Gasteiger partial charge on any atom is -0.463 e. The molecule has 0 fully saturated rings. The summed E-state index contributed by atoms with van der Waals surface area (Å²) in [5.74, 6) is 0.178. The van der Waals surface area contributed by atoms with Gasteiger partial charge in [0, 0.05) is 12.8 Å². The minimum absolute atomic E-state index is 0.153. The standard InChI is InChI=1S/C41H78O7/c1-4-5-6-7-20-25-30-38(43)39(44)31-26-21-18-23-28-33-41(46)48-35-37(42)34-47-40(45)32-27-22-17-15-13-11-9-8-10-12-14-16-19-24-29-36(2)3/h20,25,36-39,42-44H,4-19,21-24,26-35H2,1-3H3/b25-20-/t37-,38-,39-/m1/s1. The third-order valence-electron chi connectivity index (χ3n) is 9.13. The zero-order valence-electron chi connectivity index (χ0n) is 31.7. The van der Waals surface area contributed by atoms with E-state index in [9.17, 15) is 24.9 Å². The van der Waals surface area contributed by atoms with E-state index in [4.69, 9.17) is 9.47 Å². The SMILES string of the molecule is CCCCC/C=C\C[C@@H](O)[C@H](O)CCCCCCCC(=O)OC[C@H](O)COC(=O)CCCCCCCCCCCCCCCCC(C)C. The van der Waals surface area contributed by atoms with Gasteiger partial charge in [0.25, 0.3) is 0 Å². The van der Waals surface area contributed by atoms with E-state index >= 15 is 0 Å². The summed E-state index contributed by atoms with van der Waals surface area (Å²) in [5, 5.41) is 30.3. The fourth-order valence-corrected chi connectivity index (χ4v) is 5.88. The Morgan fingerprint density at radius 1 is 0.521 bits per heavy atom. The molecule has 3 N–H and O–H groups in total. The van der Waals surface area contributed by atoms with Crippen LogP contribution in [0.3, 0.4) is 0 Å². The quantitative estimate of drug-likeness (QED) is 0.0342. The molecule has 0 saturated heterocycles. The summed E-state index contributed by atoms with van der Waals surface area (Å²) >= 11 is 0. The number of unbranched alkanes of at least 4 members (excludes halogenated alkanes) is 20. The van der Waals surface area contributed by atoms with Crippen LogP contribution in [0.5, 0.6) is 0 Å². The molecule has 0 saturated carbocycles. The molecule has 284 valence electrons. The smallest absolute Gasteiger partial charge is 0.305 e. The van der Waals surface area contributed by atoms with E-state index in [1.54, 1.807) is 0 Å². The summed E-state index contributed by atoms with van der Waals surface area (Å²) in [6, 6.07) is 0. The molecular formula is C41H78O7. The maximum Gasteiger partial charge on any atom is 0.305 e. The fraction of sp³-hybridized carbons (Fsp3) is 0.902. The highest BCUT2D eigenvalue weighted by atomic mass is 16.6. The summed E-state index contributed by atoms with van der Waals surface area (Å²) in [6.07, 6.45) is 31.5. The van der Waals surface area contributed by atoms with Gasteiger partial charge in [-0.25, -0.2) is 0 Å². The number of esters is 2. The molecule has 3 atom stereocenters. The van der Waals surface area contributed by atoms with Gasteiger partial charge in [-0.3, -0.25) is 9.59 Å². The predicted molar refractivity (Wildman–Crippen MR) is 199 cm³/mol. The maximum atomic E-state index is 12.0. The summed E-state index contributed by atoms with van der Waals surface area (Å²) in [6.45, 7) is 6.47. The Labute approximate surface area is 296 Å². The molecule has 0 rings (SSSR count). The molecule has 0 radical (unpaired) electrons. The van der Waals surface area contributed by atoms with Crippen LogP contribution in [-0.2, 0) is 19.1 Å². The first kappa shape index (κ1) is 46.6. The summed E-state index contributed by atoms with van der Waals surface area (Å²) in [7, 11) is 0. The second-order valence-electron chi connectivity index (χ2n) is 14.5. The zero-order valence-corrected chi connectivity index (χ0v) is 31.7. The molecule has 0 aromatic rings. The number of rotatable bonds is 36. The van der Waals surface area contributed by atoms with Gasteiger partial charge in [0.2, 0.25) is 0 Å². The van der Waals surface area contributed by atoms with E-state index in [1.165, 1.54) is 96.3 Å². The largest absolute Gasteiger partial charge is 0.463 e. The Morgan fingerprint density at radius 2 is 0.938 bits per heavy atom. The van der Waals surface area contributed by atoms with Crippen molar-refractivity contribution in [3.8, 4) is 0 Å². The monoisotopic (exact) mass is 683 g/mol. The van der Waals surface area contributed by atoms with Gasteiger partial charge in [0.05, 0.1) is 12.2 Å². The van der Waals surface area contributed by atoms with Crippen LogP contribution in [0, 0.1) is 5.92 Å².